The SMILES string of the molecule is CO[C@@H]1CNCC[C@@]1(NC(=O)O)c1cc(C#N)cc(NC(=O)OC(C)(C)C)c1Cl. The molecule has 1 aromatic rings. The van der Waals surface area contributed by atoms with Crippen LogP contribution >= 0.6 is 11.6 Å². The normalized spacial score (nSPS) is 21.7. The van der Waals surface area contributed by atoms with Crippen LogP contribution in [0.25, 0.3) is 0 Å². The third-order valence-corrected chi connectivity index (χ3v) is 4.92. The Balaban J connectivity index is 2.58. The first-order chi connectivity index (χ1) is 13.5. The summed E-state index contributed by atoms with van der Waals surface area (Å²) < 4.78 is 10.8. The van der Waals surface area contributed by atoms with Crippen molar-refractivity contribution in [1.29, 1.82) is 5.26 Å². The first-order valence-electron chi connectivity index (χ1n) is 9.01. The van der Waals surface area contributed by atoms with Crippen molar-refractivity contribution in [3.05, 3.63) is 28.3 Å². The van der Waals surface area contributed by atoms with Crippen molar-refractivity contribution in [1.82, 2.24) is 10.6 Å². The van der Waals surface area contributed by atoms with Gasteiger partial charge in [-0.25, -0.2) is 9.59 Å². The summed E-state index contributed by atoms with van der Waals surface area (Å²) in [5.41, 5.74) is -1.24. The second-order valence-corrected chi connectivity index (χ2v) is 8.08. The van der Waals surface area contributed by atoms with E-state index in [1.54, 1.807) is 20.8 Å². The van der Waals surface area contributed by atoms with Crippen LogP contribution in [0.3, 0.4) is 0 Å². The lowest BCUT2D eigenvalue weighted by Gasteiger charge is -2.44. The molecule has 2 amide bonds. The number of amides is 2. The summed E-state index contributed by atoms with van der Waals surface area (Å²) in [6, 6.07) is 4.94. The highest BCUT2D eigenvalue weighted by atomic mass is 35.5. The van der Waals surface area contributed by atoms with Gasteiger partial charge in [0.05, 0.1) is 34.0 Å². The molecule has 1 aromatic carbocycles. The summed E-state index contributed by atoms with van der Waals surface area (Å²) in [6.07, 6.45) is -2.25. The Hall–Kier alpha value is -2.54. The van der Waals surface area contributed by atoms with E-state index < -0.39 is 29.4 Å². The standard InChI is InChI=1S/C19H25ClN4O5/c1-18(2,3)29-17(27)23-13-8-11(9-21)7-12(15(13)20)19(24-16(25)26)5-6-22-10-14(19)28-4/h7-8,14,22,24H,5-6,10H2,1-4H3,(H,23,27)(H,25,26)/t14-,19-/m1/s1. The third kappa shape index (κ3) is 5.29. The Morgan fingerprint density at radius 3 is 2.66 bits per heavy atom. The summed E-state index contributed by atoms with van der Waals surface area (Å²) in [6.45, 7) is 6.03. The highest BCUT2D eigenvalue weighted by molar-refractivity contribution is 6.34. The molecule has 29 heavy (non-hydrogen) atoms. The van der Waals surface area contributed by atoms with E-state index in [-0.39, 0.29) is 16.3 Å². The van der Waals surface area contributed by atoms with Gasteiger partial charge in [-0.15, -0.1) is 0 Å². The molecule has 2 atom stereocenters. The lowest BCUT2D eigenvalue weighted by molar-refractivity contribution is -0.00326. The molecule has 1 aliphatic rings. The molecule has 10 heteroatoms. The van der Waals surface area contributed by atoms with Crippen LogP contribution in [0.1, 0.15) is 38.3 Å². The average Bonchev–Trinajstić information content (AvgIpc) is 2.61. The number of benzene rings is 1. The number of nitrogens with zero attached hydrogens (tertiary/aromatic N) is 1. The molecular weight excluding hydrogens is 400 g/mol. The number of carboxylic acid groups (broad SMARTS) is 1. The molecule has 0 spiro atoms. The van der Waals surface area contributed by atoms with Gasteiger partial charge in [-0.3, -0.25) is 5.32 Å². The Kier molecular flexibility index (Phi) is 6.95. The van der Waals surface area contributed by atoms with Gasteiger partial charge in [0.15, 0.2) is 0 Å². The van der Waals surface area contributed by atoms with Gasteiger partial charge >= 0.3 is 12.2 Å². The molecule has 158 valence electrons. The molecular formula is C19H25ClN4O5. The van der Waals surface area contributed by atoms with Crippen LogP contribution in [0.5, 0.6) is 0 Å². The number of carbonyl (C=O) groups is 2. The van der Waals surface area contributed by atoms with E-state index >= 15 is 0 Å². The molecule has 0 aromatic heterocycles. The molecule has 1 saturated heterocycles. The minimum atomic E-state index is -1.26. The van der Waals surface area contributed by atoms with Crippen LogP contribution in [0.2, 0.25) is 5.02 Å². The quantitative estimate of drug-likeness (QED) is 0.583. The second-order valence-electron chi connectivity index (χ2n) is 7.70. The maximum absolute atomic E-state index is 12.2. The summed E-state index contributed by atoms with van der Waals surface area (Å²) >= 11 is 6.59. The second kappa shape index (κ2) is 8.86. The molecule has 0 unspecified atom stereocenters. The van der Waals surface area contributed by atoms with Crippen LogP contribution in [0.4, 0.5) is 15.3 Å². The zero-order valence-electron chi connectivity index (χ0n) is 16.8. The van der Waals surface area contributed by atoms with Crippen LogP contribution in [-0.2, 0) is 15.0 Å². The molecule has 1 heterocycles. The van der Waals surface area contributed by atoms with Crippen molar-refractivity contribution in [3.63, 3.8) is 0 Å². The predicted molar refractivity (Wildman–Crippen MR) is 107 cm³/mol. The molecule has 0 saturated carbocycles. The summed E-state index contributed by atoms with van der Waals surface area (Å²) in [5, 5.41) is 27.3. The molecule has 2 rings (SSSR count). The fourth-order valence-corrected chi connectivity index (χ4v) is 3.69. The summed E-state index contributed by atoms with van der Waals surface area (Å²) in [7, 11) is 1.47. The highest BCUT2D eigenvalue weighted by Gasteiger charge is 2.46. The van der Waals surface area contributed by atoms with Crippen LogP contribution in [0.15, 0.2) is 12.1 Å². The Labute approximate surface area is 174 Å². The van der Waals surface area contributed by atoms with Crippen LogP contribution in [-0.4, -0.2) is 49.2 Å². The monoisotopic (exact) mass is 424 g/mol. The van der Waals surface area contributed by atoms with Gasteiger partial charge in [0.25, 0.3) is 0 Å². The smallest absolute Gasteiger partial charge is 0.412 e. The zero-order chi connectivity index (χ0) is 21.8. The van der Waals surface area contributed by atoms with Crippen LogP contribution in [0, 0.1) is 11.3 Å². The third-order valence-electron chi connectivity index (χ3n) is 4.51. The lowest BCUT2D eigenvalue weighted by Crippen LogP contribution is -2.61. The zero-order valence-corrected chi connectivity index (χ0v) is 17.5. The molecule has 0 bridgehead atoms. The van der Waals surface area contributed by atoms with Crippen molar-refractivity contribution in [2.75, 3.05) is 25.5 Å². The van der Waals surface area contributed by atoms with Crippen molar-refractivity contribution in [2.45, 2.75) is 44.4 Å². The molecule has 0 aliphatic carbocycles. The maximum Gasteiger partial charge on any atom is 0.412 e. The number of ether oxygens (including phenoxy) is 2. The van der Waals surface area contributed by atoms with Crippen molar-refractivity contribution < 1.29 is 24.2 Å². The Morgan fingerprint density at radius 2 is 2.10 bits per heavy atom. The van der Waals surface area contributed by atoms with Gasteiger partial charge < -0.3 is 25.2 Å². The lowest BCUT2D eigenvalue weighted by atomic mass is 9.78. The van der Waals surface area contributed by atoms with Crippen molar-refractivity contribution >= 4 is 29.5 Å². The minimum absolute atomic E-state index is 0.104. The van der Waals surface area contributed by atoms with E-state index in [1.165, 1.54) is 19.2 Å². The molecule has 9 nitrogen and oxygen atoms in total. The molecule has 0 radical (unpaired) electrons. The van der Waals surface area contributed by atoms with Gasteiger partial charge in [0.2, 0.25) is 0 Å². The highest BCUT2D eigenvalue weighted by Crippen LogP contribution is 2.41. The van der Waals surface area contributed by atoms with Gasteiger partial charge in [-0.1, -0.05) is 11.6 Å². The Morgan fingerprint density at radius 1 is 1.41 bits per heavy atom. The first-order valence-corrected chi connectivity index (χ1v) is 9.39. The van der Waals surface area contributed by atoms with Gasteiger partial charge in [0.1, 0.15) is 5.60 Å². The van der Waals surface area contributed by atoms with Gasteiger partial charge in [-0.2, -0.15) is 5.26 Å². The van der Waals surface area contributed by atoms with E-state index in [2.05, 4.69) is 16.0 Å². The predicted octanol–water partition coefficient (Wildman–Crippen LogP) is 3.03. The number of rotatable bonds is 4. The fourth-order valence-electron chi connectivity index (χ4n) is 3.37. The Bertz CT molecular complexity index is 833. The van der Waals surface area contributed by atoms with Crippen molar-refractivity contribution in [3.8, 4) is 6.07 Å². The summed E-state index contributed by atoms with van der Waals surface area (Å²) in [4.78, 5) is 23.8. The molecule has 1 fully saturated rings. The maximum atomic E-state index is 12.2. The fraction of sp³-hybridized carbons (Fsp3) is 0.526. The number of hydrogen-bond donors (Lipinski definition) is 4. The van der Waals surface area contributed by atoms with E-state index in [0.29, 0.717) is 25.1 Å². The molecule has 1 aliphatic heterocycles. The topological polar surface area (TPSA) is 133 Å². The number of nitriles is 1. The van der Waals surface area contributed by atoms with E-state index in [1.807, 2.05) is 6.07 Å². The number of hydrogen-bond acceptors (Lipinski definition) is 6. The first kappa shape index (κ1) is 22.7. The van der Waals surface area contributed by atoms with E-state index in [4.69, 9.17) is 21.1 Å². The average molecular weight is 425 g/mol. The van der Waals surface area contributed by atoms with Gasteiger partial charge in [-0.05, 0) is 45.9 Å². The summed E-state index contributed by atoms with van der Waals surface area (Å²) in [5.74, 6) is 0. The number of halogens is 1. The largest absolute Gasteiger partial charge is 0.465 e. The van der Waals surface area contributed by atoms with Crippen LogP contribution < -0.4 is 16.0 Å². The molecule has 4 N–H and O–H groups in total. The number of nitrogens with one attached hydrogen (secondary N) is 3. The number of carbonyl (C=O) groups excluding carboxylic acids is 1. The van der Waals surface area contributed by atoms with Gasteiger partial charge in [0, 0.05) is 19.2 Å². The number of piperidine rings is 1. The number of anilines is 1. The van der Waals surface area contributed by atoms with E-state index in [9.17, 15) is 20.0 Å². The van der Waals surface area contributed by atoms with Crippen molar-refractivity contribution in [2.24, 2.45) is 0 Å². The minimum Gasteiger partial charge on any atom is -0.465 e. The van der Waals surface area contributed by atoms with E-state index in [0.717, 1.165) is 0 Å². The number of methoxy groups -OCH3 is 1.